The van der Waals surface area contributed by atoms with Crippen LogP contribution in [-0.2, 0) is 15.0 Å². The predicted octanol–water partition coefficient (Wildman–Crippen LogP) is 0.895. The molecule has 1 amide bonds. The van der Waals surface area contributed by atoms with E-state index in [0.29, 0.717) is 19.4 Å². The number of nitrogens with zero attached hydrogens (tertiary/aromatic N) is 4. The minimum atomic E-state index is -3.48. The molecule has 0 spiro atoms. The summed E-state index contributed by atoms with van der Waals surface area (Å²) in [6, 6.07) is 7.90. The van der Waals surface area contributed by atoms with Crippen molar-refractivity contribution in [3.63, 3.8) is 0 Å². The Morgan fingerprint density at radius 3 is 2.32 bits per heavy atom. The number of hydrogen-bond acceptors (Lipinski definition) is 5. The van der Waals surface area contributed by atoms with Crippen LogP contribution in [0.3, 0.4) is 0 Å². The second-order valence-electron chi connectivity index (χ2n) is 7.81. The van der Waals surface area contributed by atoms with Gasteiger partial charge in [-0.25, -0.2) is 0 Å². The van der Waals surface area contributed by atoms with Gasteiger partial charge in [0, 0.05) is 64.7 Å². The maximum Gasteiger partial charge on any atom is 0.281 e. The van der Waals surface area contributed by atoms with E-state index in [-0.39, 0.29) is 18.4 Å². The molecule has 1 aromatic carbocycles. The van der Waals surface area contributed by atoms with Crippen molar-refractivity contribution in [3.8, 4) is 0 Å². The molecule has 2 fully saturated rings. The van der Waals surface area contributed by atoms with Gasteiger partial charge < -0.3 is 15.1 Å². The molecule has 0 aromatic heterocycles. The standard InChI is InChI=1S/C19H31N5O3S/c1-21(2)28(26,27)24-10-4-5-16(15-24)19(25)20-17-6-8-18(9-7-17)23-13-11-22(3)12-14-23/h6-9,16H,4-5,10-15H2,1-3H3,(H,20,25). The second kappa shape index (κ2) is 8.77. The summed E-state index contributed by atoms with van der Waals surface area (Å²) >= 11 is 0. The van der Waals surface area contributed by atoms with Gasteiger partial charge in [0.15, 0.2) is 0 Å². The lowest BCUT2D eigenvalue weighted by molar-refractivity contribution is -0.120. The van der Waals surface area contributed by atoms with Crippen LogP contribution in [0.4, 0.5) is 11.4 Å². The van der Waals surface area contributed by atoms with E-state index in [0.717, 1.165) is 37.6 Å². The van der Waals surface area contributed by atoms with Gasteiger partial charge in [0.05, 0.1) is 5.92 Å². The van der Waals surface area contributed by atoms with Crippen LogP contribution in [0.2, 0.25) is 0 Å². The zero-order chi connectivity index (χ0) is 20.3. The lowest BCUT2D eigenvalue weighted by Crippen LogP contribution is -2.47. The fourth-order valence-corrected chi connectivity index (χ4v) is 4.85. The first-order valence-electron chi connectivity index (χ1n) is 9.79. The minimum Gasteiger partial charge on any atom is -0.369 e. The maximum atomic E-state index is 12.7. The molecule has 0 bridgehead atoms. The van der Waals surface area contributed by atoms with Crippen molar-refractivity contribution < 1.29 is 13.2 Å². The Balaban J connectivity index is 1.58. The van der Waals surface area contributed by atoms with Crippen LogP contribution < -0.4 is 10.2 Å². The maximum absolute atomic E-state index is 12.7. The molecule has 1 N–H and O–H groups in total. The van der Waals surface area contributed by atoms with Crippen LogP contribution in [-0.4, -0.2) is 88.2 Å². The summed E-state index contributed by atoms with van der Waals surface area (Å²) in [4.78, 5) is 17.3. The molecular weight excluding hydrogens is 378 g/mol. The first kappa shape index (κ1) is 21.0. The van der Waals surface area contributed by atoms with Gasteiger partial charge in [0.25, 0.3) is 10.2 Å². The van der Waals surface area contributed by atoms with Crippen LogP contribution in [0.5, 0.6) is 0 Å². The summed E-state index contributed by atoms with van der Waals surface area (Å²) in [7, 11) is 1.68. The second-order valence-corrected chi connectivity index (χ2v) is 9.96. The van der Waals surface area contributed by atoms with E-state index in [1.807, 2.05) is 24.3 Å². The number of carbonyl (C=O) groups excluding carboxylic acids is 1. The highest BCUT2D eigenvalue weighted by Gasteiger charge is 2.33. The third-order valence-corrected chi connectivity index (χ3v) is 7.45. The average molecular weight is 410 g/mol. The van der Waals surface area contributed by atoms with Crippen LogP contribution in [0.25, 0.3) is 0 Å². The molecular formula is C19H31N5O3S. The van der Waals surface area contributed by atoms with Gasteiger partial charge in [-0.3, -0.25) is 4.79 Å². The molecule has 0 saturated carbocycles. The average Bonchev–Trinajstić information content (AvgIpc) is 2.69. The van der Waals surface area contributed by atoms with Gasteiger partial charge in [-0.2, -0.15) is 17.0 Å². The topological polar surface area (TPSA) is 76.2 Å². The molecule has 0 radical (unpaired) electrons. The van der Waals surface area contributed by atoms with Crippen molar-refractivity contribution in [2.45, 2.75) is 12.8 Å². The molecule has 2 saturated heterocycles. The fraction of sp³-hybridized carbons (Fsp3) is 0.632. The van der Waals surface area contributed by atoms with Gasteiger partial charge in [-0.1, -0.05) is 0 Å². The van der Waals surface area contributed by atoms with Crippen molar-refractivity contribution in [1.29, 1.82) is 0 Å². The molecule has 2 aliphatic rings. The molecule has 2 aliphatic heterocycles. The summed E-state index contributed by atoms with van der Waals surface area (Å²) in [5, 5.41) is 2.95. The number of benzene rings is 1. The lowest BCUT2D eigenvalue weighted by Gasteiger charge is -2.34. The molecule has 9 heteroatoms. The number of amides is 1. The number of likely N-dealkylation sites (N-methyl/N-ethyl adjacent to an activating group) is 1. The van der Waals surface area contributed by atoms with E-state index < -0.39 is 10.2 Å². The number of carbonyl (C=O) groups is 1. The summed E-state index contributed by atoms with van der Waals surface area (Å²) in [5.74, 6) is -0.452. The van der Waals surface area contributed by atoms with E-state index >= 15 is 0 Å². The van der Waals surface area contributed by atoms with Crippen LogP contribution in [0.1, 0.15) is 12.8 Å². The van der Waals surface area contributed by atoms with Gasteiger partial charge in [0.1, 0.15) is 0 Å². The fourth-order valence-electron chi connectivity index (χ4n) is 3.66. The number of nitrogens with one attached hydrogen (secondary N) is 1. The molecule has 1 atom stereocenters. The number of anilines is 2. The zero-order valence-corrected chi connectivity index (χ0v) is 17.8. The van der Waals surface area contributed by atoms with Crippen molar-refractivity contribution >= 4 is 27.5 Å². The Kier molecular flexibility index (Phi) is 6.59. The molecule has 0 aliphatic carbocycles. The Morgan fingerprint density at radius 2 is 1.71 bits per heavy atom. The Bertz CT molecular complexity index is 773. The molecule has 156 valence electrons. The third kappa shape index (κ3) is 4.83. The van der Waals surface area contributed by atoms with E-state index in [9.17, 15) is 13.2 Å². The Hall–Kier alpha value is -1.68. The van der Waals surface area contributed by atoms with Crippen molar-refractivity contribution in [2.75, 3.05) is 70.6 Å². The quantitative estimate of drug-likeness (QED) is 0.782. The Labute approximate surface area is 168 Å². The highest BCUT2D eigenvalue weighted by Crippen LogP contribution is 2.23. The molecule has 1 unspecified atom stereocenters. The van der Waals surface area contributed by atoms with Gasteiger partial charge in [-0.15, -0.1) is 0 Å². The number of piperidine rings is 1. The molecule has 28 heavy (non-hydrogen) atoms. The van der Waals surface area contributed by atoms with Gasteiger partial charge >= 0.3 is 0 Å². The zero-order valence-electron chi connectivity index (χ0n) is 17.0. The van der Waals surface area contributed by atoms with E-state index in [1.54, 1.807) is 0 Å². The van der Waals surface area contributed by atoms with Crippen LogP contribution in [0.15, 0.2) is 24.3 Å². The van der Waals surface area contributed by atoms with E-state index in [1.165, 1.54) is 22.7 Å². The smallest absolute Gasteiger partial charge is 0.281 e. The largest absolute Gasteiger partial charge is 0.369 e. The first-order chi connectivity index (χ1) is 13.3. The van der Waals surface area contributed by atoms with Crippen molar-refractivity contribution in [3.05, 3.63) is 24.3 Å². The number of hydrogen-bond donors (Lipinski definition) is 1. The molecule has 2 heterocycles. The summed E-state index contributed by atoms with van der Waals surface area (Å²) in [5.41, 5.74) is 1.91. The monoisotopic (exact) mass is 409 g/mol. The van der Waals surface area contributed by atoms with Gasteiger partial charge in [-0.05, 0) is 44.2 Å². The number of piperazine rings is 1. The van der Waals surface area contributed by atoms with Crippen molar-refractivity contribution in [1.82, 2.24) is 13.5 Å². The number of rotatable bonds is 5. The normalized spacial score (nSPS) is 22.4. The first-order valence-corrected chi connectivity index (χ1v) is 11.2. The minimum absolute atomic E-state index is 0.119. The third-order valence-electron chi connectivity index (χ3n) is 5.55. The predicted molar refractivity (Wildman–Crippen MR) is 112 cm³/mol. The highest BCUT2D eigenvalue weighted by molar-refractivity contribution is 7.86. The van der Waals surface area contributed by atoms with Crippen LogP contribution >= 0.6 is 0 Å². The van der Waals surface area contributed by atoms with Gasteiger partial charge in [0.2, 0.25) is 5.91 Å². The lowest BCUT2D eigenvalue weighted by atomic mass is 9.98. The molecule has 1 aromatic rings. The molecule has 8 nitrogen and oxygen atoms in total. The summed E-state index contributed by atoms with van der Waals surface area (Å²) in [6.07, 6.45) is 1.39. The van der Waals surface area contributed by atoms with Crippen LogP contribution in [0, 0.1) is 5.92 Å². The highest BCUT2D eigenvalue weighted by atomic mass is 32.2. The Morgan fingerprint density at radius 1 is 1.07 bits per heavy atom. The SMILES string of the molecule is CN1CCN(c2ccc(NC(=O)C3CCCN(S(=O)(=O)N(C)C)C3)cc2)CC1. The van der Waals surface area contributed by atoms with E-state index in [2.05, 4.69) is 22.2 Å². The van der Waals surface area contributed by atoms with E-state index in [4.69, 9.17) is 0 Å². The summed E-state index contributed by atoms with van der Waals surface area (Å²) < 4.78 is 27.3. The molecule has 3 rings (SSSR count). The summed E-state index contributed by atoms with van der Waals surface area (Å²) in [6.45, 7) is 4.79. The van der Waals surface area contributed by atoms with Crippen molar-refractivity contribution in [2.24, 2.45) is 5.92 Å².